The Bertz CT molecular complexity index is 1390. The number of nitrogens with zero attached hydrogens (tertiary/aromatic N) is 3. The number of benzene rings is 2. The highest BCUT2D eigenvalue weighted by Crippen LogP contribution is 2.38. The van der Waals surface area contributed by atoms with Crippen molar-refractivity contribution in [2.45, 2.75) is 31.8 Å². The molecule has 0 saturated heterocycles. The standard InChI is InChI=1S/C28H29ClN4O2/c1-32-17-24(29)26(31-32)18-33(14-13-21-16-30-25-6-4-3-5-22(21)25)27-11-9-20-15-19(7-10-23(20)27)8-12-28(34)35-2/h3-8,10,12,15-17,27,30H,9,11,13-14,18H2,1-2H3. The summed E-state index contributed by atoms with van der Waals surface area (Å²) in [6.07, 6.45) is 10.2. The van der Waals surface area contributed by atoms with Gasteiger partial charge in [-0.25, -0.2) is 4.79 Å². The number of hydrogen-bond acceptors (Lipinski definition) is 4. The Morgan fingerprint density at radius 2 is 2.17 bits per heavy atom. The summed E-state index contributed by atoms with van der Waals surface area (Å²) in [4.78, 5) is 17.4. The molecule has 1 aliphatic carbocycles. The first-order valence-corrected chi connectivity index (χ1v) is 12.3. The summed E-state index contributed by atoms with van der Waals surface area (Å²) < 4.78 is 6.49. The van der Waals surface area contributed by atoms with Crippen molar-refractivity contribution in [1.29, 1.82) is 0 Å². The van der Waals surface area contributed by atoms with Gasteiger partial charge in [0.2, 0.25) is 0 Å². The first-order chi connectivity index (χ1) is 17.0. The second kappa shape index (κ2) is 10.1. The lowest BCUT2D eigenvalue weighted by Gasteiger charge is -2.29. The van der Waals surface area contributed by atoms with Crippen molar-refractivity contribution in [1.82, 2.24) is 19.7 Å². The number of hydrogen-bond donors (Lipinski definition) is 1. The van der Waals surface area contributed by atoms with E-state index in [0.29, 0.717) is 11.6 Å². The van der Waals surface area contributed by atoms with Crippen LogP contribution in [0.2, 0.25) is 5.02 Å². The lowest BCUT2D eigenvalue weighted by Crippen LogP contribution is -2.29. The van der Waals surface area contributed by atoms with Crippen LogP contribution in [-0.4, -0.2) is 39.3 Å². The number of aromatic nitrogens is 3. The number of esters is 1. The Hall–Kier alpha value is -3.35. The van der Waals surface area contributed by atoms with Crippen molar-refractivity contribution in [2.75, 3.05) is 13.7 Å². The molecule has 0 radical (unpaired) electrons. The van der Waals surface area contributed by atoms with Gasteiger partial charge in [-0.2, -0.15) is 5.10 Å². The Morgan fingerprint density at radius 3 is 2.97 bits per heavy atom. The van der Waals surface area contributed by atoms with Gasteiger partial charge in [0.05, 0.1) is 17.8 Å². The van der Waals surface area contributed by atoms with Crippen LogP contribution in [0.3, 0.4) is 0 Å². The quantitative estimate of drug-likeness (QED) is 0.264. The van der Waals surface area contributed by atoms with Gasteiger partial charge in [0.25, 0.3) is 0 Å². The first-order valence-electron chi connectivity index (χ1n) is 11.9. The fraction of sp³-hybridized carbons (Fsp3) is 0.286. The van der Waals surface area contributed by atoms with Gasteiger partial charge in [-0.3, -0.25) is 9.58 Å². The van der Waals surface area contributed by atoms with Crippen LogP contribution in [0.5, 0.6) is 0 Å². The van der Waals surface area contributed by atoms with Gasteiger partial charge < -0.3 is 9.72 Å². The molecule has 1 unspecified atom stereocenters. The van der Waals surface area contributed by atoms with Gasteiger partial charge in [0.15, 0.2) is 0 Å². The van der Waals surface area contributed by atoms with Crippen molar-refractivity contribution >= 4 is 34.5 Å². The molecule has 180 valence electrons. The smallest absolute Gasteiger partial charge is 0.330 e. The Labute approximate surface area is 210 Å². The fourth-order valence-electron chi connectivity index (χ4n) is 5.08. The summed E-state index contributed by atoms with van der Waals surface area (Å²) in [6.45, 7) is 1.58. The molecule has 0 aliphatic heterocycles. The number of aromatic amines is 1. The number of para-hydroxylation sites is 1. The average Bonchev–Trinajstić information content (AvgIpc) is 3.56. The van der Waals surface area contributed by atoms with Crippen molar-refractivity contribution in [2.24, 2.45) is 7.05 Å². The molecule has 2 heterocycles. The normalized spacial score (nSPS) is 15.4. The van der Waals surface area contributed by atoms with Crippen LogP contribution in [0.15, 0.2) is 60.9 Å². The van der Waals surface area contributed by atoms with Crippen LogP contribution in [0, 0.1) is 0 Å². The van der Waals surface area contributed by atoms with E-state index in [0.717, 1.165) is 37.1 Å². The van der Waals surface area contributed by atoms with Gasteiger partial charge >= 0.3 is 5.97 Å². The fourth-order valence-corrected chi connectivity index (χ4v) is 5.32. The number of H-pyrrole nitrogens is 1. The Balaban J connectivity index is 1.40. The highest BCUT2D eigenvalue weighted by molar-refractivity contribution is 6.31. The van der Waals surface area contributed by atoms with Crippen molar-refractivity contribution in [3.05, 3.63) is 93.9 Å². The van der Waals surface area contributed by atoms with Crippen LogP contribution < -0.4 is 0 Å². The lowest BCUT2D eigenvalue weighted by molar-refractivity contribution is -0.134. The minimum absolute atomic E-state index is 0.284. The molecule has 1 atom stereocenters. The van der Waals surface area contributed by atoms with Gasteiger partial charge in [0.1, 0.15) is 0 Å². The molecule has 0 bridgehead atoms. The van der Waals surface area contributed by atoms with E-state index in [4.69, 9.17) is 16.3 Å². The third kappa shape index (κ3) is 5.04. The molecule has 1 N–H and O–H groups in total. The number of halogens is 1. The topological polar surface area (TPSA) is 63.1 Å². The third-order valence-corrected chi connectivity index (χ3v) is 7.13. The average molecular weight is 489 g/mol. The zero-order chi connectivity index (χ0) is 24.4. The van der Waals surface area contributed by atoms with Crippen molar-refractivity contribution in [3.63, 3.8) is 0 Å². The SMILES string of the molecule is COC(=O)C=Cc1ccc2c(c1)CCC2N(CCc1c[nH]c2ccccc12)Cc1nn(C)cc1Cl. The molecule has 6 nitrogen and oxygen atoms in total. The minimum atomic E-state index is -0.348. The maximum absolute atomic E-state index is 11.5. The van der Waals surface area contributed by atoms with E-state index in [9.17, 15) is 4.79 Å². The van der Waals surface area contributed by atoms with Gasteiger partial charge in [0, 0.05) is 55.6 Å². The van der Waals surface area contributed by atoms with Crippen LogP contribution in [-0.2, 0) is 36.0 Å². The molecule has 2 aromatic carbocycles. The predicted octanol–water partition coefficient (Wildman–Crippen LogP) is 5.47. The van der Waals surface area contributed by atoms with E-state index in [1.165, 1.54) is 40.8 Å². The van der Waals surface area contributed by atoms with E-state index in [1.807, 2.05) is 19.3 Å². The lowest BCUT2D eigenvalue weighted by atomic mass is 10.0. The summed E-state index contributed by atoms with van der Waals surface area (Å²) in [6, 6.07) is 15.2. The van der Waals surface area contributed by atoms with Crippen LogP contribution in [0.25, 0.3) is 17.0 Å². The molecular formula is C28H29ClN4O2. The van der Waals surface area contributed by atoms with E-state index in [-0.39, 0.29) is 12.0 Å². The molecule has 35 heavy (non-hydrogen) atoms. The molecule has 0 saturated carbocycles. The second-order valence-electron chi connectivity index (χ2n) is 9.05. The number of carbonyl (C=O) groups is 1. The number of aryl methyl sites for hydroxylation is 2. The van der Waals surface area contributed by atoms with Gasteiger partial charge in [-0.05, 0) is 53.7 Å². The van der Waals surface area contributed by atoms with E-state index in [1.54, 1.807) is 4.68 Å². The molecule has 7 heteroatoms. The van der Waals surface area contributed by atoms with Crippen LogP contribution >= 0.6 is 11.6 Å². The number of rotatable bonds is 8. The number of nitrogens with one attached hydrogen (secondary N) is 1. The van der Waals surface area contributed by atoms with E-state index < -0.39 is 0 Å². The van der Waals surface area contributed by atoms with Gasteiger partial charge in [-0.1, -0.05) is 48.0 Å². The van der Waals surface area contributed by atoms with E-state index >= 15 is 0 Å². The summed E-state index contributed by atoms with van der Waals surface area (Å²) in [7, 11) is 3.29. The number of methoxy groups -OCH3 is 1. The van der Waals surface area contributed by atoms with Crippen LogP contribution in [0.4, 0.5) is 0 Å². The summed E-state index contributed by atoms with van der Waals surface area (Å²) in [5, 5.41) is 6.59. The van der Waals surface area contributed by atoms with Crippen LogP contribution in [0.1, 0.15) is 40.4 Å². The highest BCUT2D eigenvalue weighted by atomic mass is 35.5. The first kappa shape index (κ1) is 23.4. The second-order valence-corrected chi connectivity index (χ2v) is 9.45. The largest absolute Gasteiger partial charge is 0.466 e. The Kier molecular flexibility index (Phi) is 6.75. The minimum Gasteiger partial charge on any atom is -0.466 e. The molecule has 1 aliphatic rings. The molecule has 2 aromatic heterocycles. The monoisotopic (exact) mass is 488 g/mol. The summed E-state index contributed by atoms with van der Waals surface area (Å²) in [5.41, 5.74) is 7.06. The molecule has 0 fully saturated rings. The molecule has 5 rings (SSSR count). The van der Waals surface area contributed by atoms with Gasteiger partial charge in [-0.15, -0.1) is 0 Å². The van der Waals surface area contributed by atoms with Crippen molar-refractivity contribution in [3.8, 4) is 0 Å². The number of carbonyl (C=O) groups excluding carboxylic acids is 1. The molecule has 4 aromatic rings. The third-order valence-electron chi connectivity index (χ3n) is 6.82. The zero-order valence-electron chi connectivity index (χ0n) is 20.0. The predicted molar refractivity (Wildman–Crippen MR) is 139 cm³/mol. The highest BCUT2D eigenvalue weighted by Gasteiger charge is 2.29. The molecular weight excluding hydrogens is 460 g/mol. The summed E-state index contributed by atoms with van der Waals surface area (Å²) >= 11 is 6.51. The van der Waals surface area contributed by atoms with E-state index in [2.05, 4.69) is 63.6 Å². The summed E-state index contributed by atoms with van der Waals surface area (Å²) in [5.74, 6) is -0.348. The maximum Gasteiger partial charge on any atom is 0.330 e. The number of fused-ring (bicyclic) bond motifs is 2. The number of ether oxygens (including phenoxy) is 1. The maximum atomic E-state index is 11.5. The molecule has 0 amide bonds. The zero-order valence-corrected chi connectivity index (χ0v) is 20.8. The Morgan fingerprint density at radius 1 is 1.31 bits per heavy atom. The molecule has 0 spiro atoms. The van der Waals surface area contributed by atoms with Crippen molar-refractivity contribution < 1.29 is 9.53 Å².